The SMILES string of the molecule is COC(=C1C(=O)N(C(C)=O)c2cccc([N+](=O)[O-])c21)c1ccccc1. The lowest BCUT2D eigenvalue weighted by Crippen LogP contribution is -2.31. The number of nitrogens with zero attached hydrogens (tertiary/aromatic N) is 2. The zero-order chi connectivity index (χ0) is 18.1. The summed E-state index contributed by atoms with van der Waals surface area (Å²) in [5.41, 5.74) is 0.615. The van der Waals surface area contributed by atoms with Gasteiger partial charge in [0.1, 0.15) is 5.76 Å². The van der Waals surface area contributed by atoms with Crippen molar-refractivity contribution in [1.82, 2.24) is 0 Å². The molecule has 2 aromatic rings. The van der Waals surface area contributed by atoms with E-state index in [1.165, 1.54) is 32.2 Å². The lowest BCUT2D eigenvalue weighted by Gasteiger charge is -2.12. The maximum atomic E-state index is 12.9. The van der Waals surface area contributed by atoms with Crippen LogP contribution in [0.15, 0.2) is 48.5 Å². The number of anilines is 1. The van der Waals surface area contributed by atoms with Crippen LogP contribution in [-0.4, -0.2) is 23.8 Å². The molecule has 0 saturated heterocycles. The number of nitro benzene ring substituents is 1. The zero-order valence-electron chi connectivity index (χ0n) is 13.6. The van der Waals surface area contributed by atoms with Crippen LogP contribution in [-0.2, 0) is 14.3 Å². The number of fused-ring (bicyclic) bond motifs is 1. The smallest absolute Gasteiger partial charge is 0.279 e. The van der Waals surface area contributed by atoms with E-state index in [1.807, 2.05) is 0 Å². The van der Waals surface area contributed by atoms with Crippen LogP contribution in [0.1, 0.15) is 18.1 Å². The first kappa shape index (κ1) is 16.4. The van der Waals surface area contributed by atoms with E-state index in [1.54, 1.807) is 30.3 Å². The minimum atomic E-state index is -0.641. The topological polar surface area (TPSA) is 89.8 Å². The number of carbonyl (C=O) groups is 2. The van der Waals surface area contributed by atoms with Gasteiger partial charge in [-0.05, 0) is 6.07 Å². The molecule has 0 fully saturated rings. The highest BCUT2D eigenvalue weighted by Crippen LogP contribution is 2.45. The first-order valence-electron chi connectivity index (χ1n) is 7.43. The molecule has 7 nitrogen and oxygen atoms in total. The van der Waals surface area contributed by atoms with Crippen LogP contribution in [0.2, 0.25) is 0 Å². The molecular weight excluding hydrogens is 324 g/mol. The molecule has 0 aromatic heterocycles. The van der Waals surface area contributed by atoms with Crippen molar-refractivity contribution in [2.45, 2.75) is 6.92 Å². The molecule has 2 amide bonds. The Morgan fingerprint density at radius 3 is 2.36 bits per heavy atom. The predicted octanol–water partition coefficient (Wildman–Crippen LogP) is 3.00. The number of ether oxygens (including phenoxy) is 1. The van der Waals surface area contributed by atoms with Crippen molar-refractivity contribution < 1.29 is 19.2 Å². The number of carbonyl (C=O) groups excluding carboxylic acids is 2. The number of nitro groups is 1. The summed E-state index contributed by atoms with van der Waals surface area (Å²) in [6.45, 7) is 1.23. The first-order valence-corrected chi connectivity index (χ1v) is 7.43. The van der Waals surface area contributed by atoms with E-state index in [2.05, 4.69) is 0 Å². The zero-order valence-corrected chi connectivity index (χ0v) is 13.6. The van der Waals surface area contributed by atoms with Crippen LogP contribution in [0.25, 0.3) is 11.3 Å². The van der Waals surface area contributed by atoms with E-state index in [-0.39, 0.29) is 28.3 Å². The normalized spacial score (nSPS) is 15.0. The molecule has 0 bridgehead atoms. The second-order valence-electron chi connectivity index (χ2n) is 5.36. The van der Waals surface area contributed by atoms with Crippen molar-refractivity contribution in [1.29, 1.82) is 0 Å². The van der Waals surface area contributed by atoms with E-state index in [4.69, 9.17) is 4.74 Å². The summed E-state index contributed by atoms with van der Waals surface area (Å²) >= 11 is 0. The molecule has 126 valence electrons. The standard InChI is InChI=1S/C18H14N2O5/c1-11(21)19-13-9-6-10-14(20(23)24)15(13)16(18(19)22)17(25-2)12-7-4-3-5-8-12/h3-10H,1-2H3. The molecule has 1 aliphatic heterocycles. The highest BCUT2D eigenvalue weighted by Gasteiger charge is 2.42. The maximum absolute atomic E-state index is 12.9. The Balaban J connectivity index is 2.40. The van der Waals surface area contributed by atoms with Crippen molar-refractivity contribution in [3.05, 3.63) is 69.8 Å². The fourth-order valence-electron chi connectivity index (χ4n) is 2.93. The Morgan fingerprint density at radius 2 is 1.80 bits per heavy atom. The second-order valence-corrected chi connectivity index (χ2v) is 5.36. The highest BCUT2D eigenvalue weighted by atomic mass is 16.6. The summed E-state index contributed by atoms with van der Waals surface area (Å²) in [5, 5.41) is 11.5. The molecule has 25 heavy (non-hydrogen) atoms. The monoisotopic (exact) mass is 338 g/mol. The van der Waals surface area contributed by atoms with Crippen molar-refractivity contribution >= 4 is 34.5 Å². The van der Waals surface area contributed by atoms with Gasteiger partial charge in [-0.2, -0.15) is 0 Å². The molecule has 3 rings (SSSR count). The molecule has 0 N–H and O–H groups in total. The van der Waals surface area contributed by atoms with Crippen LogP contribution in [0.4, 0.5) is 11.4 Å². The maximum Gasteiger partial charge on any atom is 0.279 e. The quantitative estimate of drug-likeness (QED) is 0.371. The van der Waals surface area contributed by atoms with Gasteiger partial charge in [0.15, 0.2) is 0 Å². The largest absolute Gasteiger partial charge is 0.495 e. The van der Waals surface area contributed by atoms with Gasteiger partial charge in [-0.3, -0.25) is 19.7 Å². The van der Waals surface area contributed by atoms with Crippen molar-refractivity contribution in [3.8, 4) is 0 Å². The summed E-state index contributed by atoms with van der Waals surface area (Å²) in [5.74, 6) is -0.979. The molecule has 1 aliphatic rings. The molecule has 0 unspecified atom stereocenters. The number of hydrogen-bond donors (Lipinski definition) is 0. The minimum Gasteiger partial charge on any atom is -0.495 e. The summed E-state index contributed by atoms with van der Waals surface area (Å²) in [4.78, 5) is 36.7. The van der Waals surface area contributed by atoms with Gasteiger partial charge in [0.2, 0.25) is 5.91 Å². The molecule has 7 heteroatoms. The van der Waals surface area contributed by atoms with Gasteiger partial charge in [0.25, 0.3) is 11.6 Å². The minimum absolute atomic E-state index is 0.00574. The average molecular weight is 338 g/mol. The van der Waals surface area contributed by atoms with Gasteiger partial charge in [-0.1, -0.05) is 36.4 Å². The average Bonchev–Trinajstić information content (AvgIpc) is 2.89. The number of amides is 2. The summed E-state index contributed by atoms with van der Waals surface area (Å²) in [7, 11) is 1.38. The third kappa shape index (κ3) is 2.55. The highest BCUT2D eigenvalue weighted by molar-refractivity contribution is 6.43. The molecule has 0 saturated carbocycles. The van der Waals surface area contributed by atoms with Crippen molar-refractivity contribution in [2.24, 2.45) is 0 Å². The number of rotatable bonds is 3. The number of imide groups is 1. The molecule has 0 spiro atoms. The van der Waals surface area contributed by atoms with Gasteiger partial charge < -0.3 is 4.74 Å². The molecule has 1 heterocycles. The number of methoxy groups -OCH3 is 1. The Bertz CT molecular complexity index is 918. The van der Waals surface area contributed by atoms with Gasteiger partial charge in [0, 0.05) is 18.6 Å². The fraction of sp³-hybridized carbons (Fsp3) is 0.111. The van der Waals surface area contributed by atoms with E-state index in [9.17, 15) is 19.7 Å². The Kier molecular flexibility index (Phi) is 4.06. The summed E-state index contributed by atoms with van der Waals surface area (Å²) in [6, 6.07) is 13.0. The summed E-state index contributed by atoms with van der Waals surface area (Å²) < 4.78 is 5.41. The number of benzene rings is 2. The van der Waals surface area contributed by atoms with E-state index in [0.29, 0.717) is 5.56 Å². The second kappa shape index (κ2) is 6.20. The van der Waals surface area contributed by atoms with Crippen LogP contribution in [0, 0.1) is 10.1 Å². The van der Waals surface area contributed by atoms with Crippen molar-refractivity contribution in [3.63, 3.8) is 0 Å². The molecule has 0 radical (unpaired) electrons. The van der Waals surface area contributed by atoms with E-state index in [0.717, 1.165) is 4.90 Å². The third-order valence-electron chi connectivity index (χ3n) is 3.91. The van der Waals surface area contributed by atoms with Crippen LogP contribution >= 0.6 is 0 Å². The van der Waals surface area contributed by atoms with Gasteiger partial charge in [-0.15, -0.1) is 0 Å². The van der Waals surface area contributed by atoms with Gasteiger partial charge in [0.05, 0.1) is 28.9 Å². The fourth-order valence-corrected chi connectivity index (χ4v) is 2.93. The van der Waals surface area contributed by atoms with Crippen LogP contribution in [0.3, 0.4) is 0 Å². The third-order valence-corrected chi connectivity index (χ3v) is 3.91. The van der Waals surface area contributed by atoms with Crippen LogP contribution < -0.4 is 4.90 Å². The van der Waals surface area contributed by atoms with Gasteiger partial charge in [-0.25, -0.2) is 4.90 Å². The van der Waals surface area contributed by atoms with E-state index < -0.39 is 16.7 Å². The number of hydrogen-bond acceptors (Lipinski definition) is 5. The Hall–Kier alpha value is -3.48. The van der Waals surface area contributed by atoms with Crippen LogP contribution in [0.5, 0.6) is 0 Å². The van der Waals surface area contributed by atoms with Crippen molar-refractivity contribution in [2.75, 3.05) is 12.0 Å². The molecular formula is C18H14N2O5. The Morgan fingerprint density at radius 1 is 1.12 bits per heavy atom. The molecule has 0 atom stereocenters. The summed E-state index contributed by atoms with van der Waals surface area (Å²) in [6.07, 6.45) is 0. The Labute approximate surface area is 143 Å². The predicted molar refractivity (Wildman–Crippen MR) is 91.5 cm³/mol. The molecule has 2 aromatic carbocycles. The van der Waals surface area contributed by atoms with E-state index >= 15 is 0 Å². The lowest BCUT2D eigenvalue weighted by atomic mass is 10.0. The van der Waals surface area contributed by atoms with Gasteiger partial charge >= 0.3 is 0 Å². The lowest BCUT2D eigenvalue weighted by molar-refractivity contribution is -0.385. The first-order chi connectivity index (χ1) is 12.0. The molecule has 0 aliphatic carbocycles.